The van der Waals surface area contributed by atoms with Crippen molar-refractivity contribution < 1.29 is 4.52 Å². The molecule has 102 valence electrons. The minimum atomic E-state index is -0.144. The summed E-state index contributed by atoms with van der Waals surface area (Å²) in [5, 5.41) is 3.98. The largest absolute Gasteiger partial charge is 0.338 e. The molecular formula is C14H19N3OS. The normalized spacial score (nSPS) is 12.6. The second kappa shape index (κ2) is 6.73. The molecule has 0 spiro atoms. The molecule has 0 amide bonds. The number of aryl methyl sites for hydroxylation is 1. The molecule has 4 nitrogen and oxygen atoms in total. The molecule has 2 rings (SSSR count). The minimum absolute atomic E-state index is 0.144. The average Bonchev–Trinajstić information content (AvgIpc) is 2.87. The number of benzene rings is 1. The van der Waals surface area contributed by atoms with Crippen molar-refractivity contribution in [3.8, 4) is 0 Å². The van der Waals surface area contributed by atoms with Gasteiger partial charge in [0.2, 0.25) is 5.89 Å². The summed E-state index contributed by atoms with van der Waals surface area (Å²) in [6.07, 6.45) is 1.88. The van der Waals surface area contributed by atoms with Crippen molar-refractivity contribution in [2.75, 3.05) is 0 Å². The zero-order chi connectivity index (χ0) is 13.7. The van der Waals surface area contributed by atoms with Crippen LogP contribution in [0.25, 0.3) is 0 Å². The van der Waals surface area contributed by atoms with Gasteiger partial charge in [-0.3, -0.25) is 0 Å². The molecule has 1 heterocycles. The maximum absolute atomic E-state index is 5.95. The van der Waals surface area contributed by atoms with E-state index in [2.05, 4.69) is 36.1 Å². The summed E-state index contributed by atoms with van der Waals surface area (Å²) in [4.78, 5) is 5.59. The first-order chi connectivity index (χ1) is 9.20. The van der Waals surface area contributed by atoms with Crippen molar-refractivity contribution in [1.29, 1.82) is 0 Å². The first kappa shape index (κ1) is 14.1. The van der Waals surface area contributed by atoms with Crippen LogP contribution < -0.4 is 5.73 Å². The summed E-state index contributed by atoms with van der Waals surface area (Å²) >= 11 is 1.71. The van der Waals surface area contributed by atoms with Gasteiger partial charge < -0.3 is 10.3 Å². The Balaban J connectivity index is 1.95. The number of nitrogens with two attached hydrogens (primary N) is 1. The number of hydrogen-bond donors (Lipinski definition) is 1. The van der Waals surface area contributed by atoms with Gasteiger partial charge in [-0.2, -0.15) is 4.98 Å². The Morgan fingerprint density at radius 1 is 1.37 bits per heavy atom. The fourth-order valence-electron chi connectivity index (χ4n) is 1.77. The molecule has 0 radical (unpaired) electrons. The third-order valence-corrected chi connectivity index (χ3v) is 4.02. The lowest BCUT2D eigenvalue weighted by Gasteiger charge is -2.03. The van der Waals surface area contributed by atoms with Gasteiger partial charge in [-0.05, 0) is 25.0 Å². The molecule has 19 heavy (non-hydrogen) atoms. The lowest BCUT2D eigenvalue weighted by molar-refractivity contribution is 0.345. The van der Waals surface area contributed by atoms with Gasteiger partial charge in [0, 0.05) is 4.90 Å². The van der Waals surface area contributed by atoms with E-state index >= 15 is 0 Å². The van der Waals surface area contributed by atoms with Crippen LogP contribution in [0, 0.1) is 6.92 Å². The molecule has 0 fully saturated rings. The SMILES string of the molecule is CCC[C@@H](N)c1nc(CSc2ccccc2C)no1. The molecule has 1 aromatic carbocycles. The molecule has 0 aliphatic rings. The van der Waals surface area contributed by atoms with Crippen molar-refractivity contribution in [3.05, 3.63) is 41.5 Å². The fourth-order valence-corrected chi connectivity index (χ4v) is 2.64. The van der Waals surface area contributed by atoms with E-state index in [4.69, 9.17) is 10.3 Å². The van der Waals surface area contributed by atoms with Gasteiger partial charge in [0.15, 0.2) is 5.82 Å². The molecule has 0 saturated heterocycles. The molecule has 0 aliphatic heterocycles. The van der Waals surface area contributed by atoms with Crippen LogP contribution >= 0.6 is 11.8 Å². The van der Waals surface area contributed by atoms with Crippen LogP contribution in [-0.4, -0.2) is 10.1 Å². The van der Waals surface area contributed by atoms with Gasteiger partial charge in [0.25, 0.3) is 0 Å². The molecule has 1 aromatic heterocycles. The Kier molecular flexibility index (Phi) is 4.99. The van der Waals surface area contributed by atoms with Crippen molar-refractivity contribution in [2.24, 2.45) is 5.73 Å². The Hall–Kier alpha value is -1.33. The zero-order valence-electron chi connectivity index (χ0n) is 11.3. The van der Waals surface area contributed by atoms with E-state index in [9.17, 15) is 0 Å². The third kappa shape index (κ3) is 3.81. The highest BCUT2D eigenvalue weighted by atomic mass is 32.2. The Morgan fingerprint density at radius 3 is 2.89 bits per heavy atom. The van der Waals surface area contributed by atoms with Crippen molar-refractivity contribution in [3.63, 3.8) is 0 Å². The molecule has 5 heteroatoms. The summed E-state index contributed by atoms with van der Waals surface area (Å²) in [5.74, 6) is 1.95. The number of aromatic nitrogens is 2. The van der Waals surface area contributed by atoms with E-state index in [1.54, 1.807) is 11.8 Å². The van der Waals surface area contributed by atoms with E-state index < -0.39 is 0 Å². The lowest BCUT2D eigenvalue weighted by atomic mass is 10.2. The van der Waals surface area contributed by atoms with Gasteiger partial charge in [0.1, 0.15) is 0 Å². The molecule has 0 saturated carbocycles. The molecule has 0 bridgehead atoms. The highest BCUT2D eigenvalue weighted by Gasteiger charge is 2.14. The average molecular weight is 277 g/mol. The van der Waals surface area contributed by atoms with Crippen LogP contribution in [0.1, 0.15) is 43.1 Å². The number of hydrogen-bond acceptors (Lipinski definition) is 5. The van der Waals surface area contributed by atoms with Crippen molar-refractivity contribution in [2.45, 2.75) is 43.4 Å². The van der Waals surface area contributed by atoms with Gasteiger partial charge in [-0.15, -0.1) is 11.8 Å². The summed E-state index contributed by atoms with van der Waals surface area (Å²) in [7, 11) is 0. The Labute approximate surface area is 117 Å². The van der Waals surface area contributed by atoms with Crippen molar-refractivity contribution >= 4 is 11.8 Å². The second-order valence-electron chi connectivity index (χ2n) is 4.50. The lowest BCUT2D eigenvalue weighted by Crippen LogP contribution is -2.10. The highest BCUT2D eigenvalue weighted by molar-refractivity contribution is 7.98. The van der Waals surface area contributed by atoms with Gasteiger partial charge in [-0.25, -0.2) is 0 Å². The molecular weight excluding hydrogens is 258 g/mol. The van der Waals surface area contributed by atoms with Crippen LogP contribution in [0.3, 0.4) is 0 Å². The van der Waals surface area contributed by atoms with E-state index in [0.29, 0.717) is 17.5 Å². The first-order valence-corrected chi connectivity index (χ1v) is 7.45. The van der Waals surface area contributed by atoms with Crippen LogP contribution in [0.2, 0.25) is 0 Å². The number of nitrogens with zero attached hydrogens (tertiary/aromatic N) is 2. The highest BCUT2D eigenvalue weighted by Crippen LogP contribution is 2.25. The Morgan fingerprint density at radius 2 is 2.16 bits per heavy atom. The van der Waals surface area contributed by atoms with Crippen LogP contribution in [0.5, 0.6) is 0 Å². The zero-order valence-corrected chi connectivity index (χ0v) is 12.1. The van der Waals surface area contributed by atoms with Crippen molar-refractivity contribution in [1.82, 2.24) is 10.1 Å². The molecule has 2 N–H and O–H groups in total. The standard InChI is InChI=1S/C14H19N3OS/c1-3-6-11(15)14-16-13(17-18-14)9-19-12-8-5-4-7-10(12)2/h4-5,7-8,11H,3,6,9,15H2,1-2H3/t11-/m1/s1. The van der Waals surface area contributed by atoms with E-state index in [1.165, 1.54) is 10.5 Å². The molecule has 1 atom stereocenters. The smallest absolute Gasteiger partial charge is 0.243 e. The predicted molar refractivity (Wildman–Crippen MR) is 76.9 cm³/mol. The number of rotatable bonds is 6. The van der Waals surface area contributed by atoms with Gasteiger partial charge >= 0.3 is 0 Å². The molecule has 0 unspecified atom stereocenters. The third-order valence-electron chi connectivity index (χ3n) is 2.85. The first-order valence-electron chi connectivity index (χ1n) is 6.47. The summed E-state index contributed by atoms with van der Waals surface area (Å²) in [6, 6.07) is 8.13. The van der Waals surface area contributed by atoms with Crippen LogP contribution in [-0.2, 0) is 5.75 Å². The van der Waals surface area contributed by atoms with Crippen LogP contribution in [0.15, 0.2) is 33.7 Å². The quantitative estimate of drug-likeness (QED) is 0.819. The van der Waals surface area contributed by atoms with Gasteiger partial charge in [0.05, 0.1) is 11.8 Å². The van der Waals surface area contributed by atoms with E-state index in [1.807, 2.05) is 12.1 Å². The molecule has 2 aromatic rings. The predicted octanol–water partition coefficient (Wildman–Crippen LogP) is 3.47. The maximum atomic E-state index is 5.95. The van der Waals surface area contributed by atoms with Crippen LogP contribution in [0.4, 0.5) is 0 Å². The fraction of sp³-hybridized carbons (Fsp3) is 0.429. The van der Waals surface area contributed by atoms with E-state index in [0.717, 1.165) is 12.8 Å². The number of thioether (sulfide) groups is 1. The molecule has 0 aliphatic carbocycles. The topological polar surface area (TPSA) is 64.9 Å². The van der Waals surface area contributed by atoms with E-state index in [-0.39, 0.29) is 6.04 Å². The van der Waals surface area contributed by atoms with Gasteiger partial charge in [-0.1, -0.05) is 36.7 Å². The maximum Gasteiger partial charge on any atom is 0.243 e. The summed E-state index contributed by atoms with van der Waals surface area (Å²) in [6.45, 7) is 4.19. The monoisotopic (exact) mass is 277 g/mol. The second-order valence-corrected chi connectivity index (χ2v) is 5.52. The summed E-state index contributed by atoms with van der Waals surface area (Å²) in [5.41, 5.74) is 7.21. The Bertz CT molecular complexity index is 527. The summed E-state index contributed by atoms with van der Waals surface area (Å²) < 4.78 is 5.20. The minimum Gasteiger partial charge on any atom is -0.338 e.